The molecule has 0 aliphatic carbocycles. The predicted molar refractivity (Wildman–Crippen MR) is 55.2 cm³/mol. The summed E-state index contributed by atoms with van der Waals surface area (Å²) < 4.78 is 4.92. The third-order valence-corrected chi connectivity index (χ3v) is 2.13. The van der Waals surface area contributed by atoms with Crippen molar-refractivity contribution in [3.8, 4) is 0 Å². The normalized spacial score (nSPS) is 12.5. The third kappa shape index (κ3) is 8.38. The van der Waals surface area contributed by atoms with Crippen molar-refractivity contribution in [2.24, 2.45) is 0 Å². The van der Waals surface area contributed by atoms with Crippen molar-refractivity contribution in [1.82, 2.24) is 0 Å². The molecule has 0 heterocycles. The van der Waals surface area contributed by atoms with Crippen LogP contribution in [0.3, 0.4) is 0 Å². The van der Waals surface area contributed by atoms with Gasteiger partial charge in [0.1, 0.15) is 0 Å². The molecule has 0 aromatic heterocycles. The average molecular weight is 227 g/mol. The number of alkyl halides is 2. The van der Waals surface area contributed by atoms with Gasteiger partial charge in [0, 0.05) is 12.3 Å². The van der Waals surface area contributed by atoms with Crippen LogP contribution in [-0.2, 0) is 9.53 Å². The zero-order valence-corrected chi connectivity index (χ0v) is 9.40. The Balaban J connectivity index is 3.41. The summed E-state index contributed by atoms with van der Waals surface area (Å²) in [7, 11) is 0. The fraction of sp³-hybridized carbons (Fsp3) is 0.889. The van der Waals surface area contributed by atoms with Crippen LogP contribution in [0.2, 0.25) is 0 Å². The third-order valence-electron chi connectivity index (χ3n) is 1.56. The van der Waals surface area contributed by atoms with Crippen molar-refractivity contribution in [2.75, 3.05) is 5.88 Å². The van der Waals surface area contributed by atoms with Crippen LogP contribution < -0.4 is 0 Å². The molecule has 1 unspecified atom stereocenters. The highest BCUT2D eigenvalue weighted by atomic mass is 35.5. The van der Waals surface area contributed by atoms with E-state index < -0.39 is 5.56 Å². The number of carbonyl (C=O) groups is 1. The minimum Gasteiger partial charge on any atom is -0.446 e. The monoisotopic (exact) mass is 226 g/mol. The SMILES string of the molecule is CCCCC(Cl)OC(=O)CCCCl. The van der Waals surface area contributed by atoms with Gasteiger partial charge in [-0.05, 0) is 19.3 Å². The van der Waals surface area contributed by atoms with Crippen LogP contribution in [-0.4, -0.2) is 17.4 Å². The lowest BCUT2D eigenvalue weighted by molar-refractivity contribution is -0.145. The Morgan fingerprint density at radius 2 is 2.15 bits per heavy atom. The van der Waals surface area contributed by atoms with Crippen LogP contribution in [0.25, 0.3) is 0 Å². The Bertz CT molecular complexity index is 140. The number of esters is 1. The van der Waals surface area contributed by atoms with E-state index in [9.17, 15) is 4.79 Å². The standard InChI is InChI=1S/C9H16Cl2O2/c1-2-3-5-8(11)13-9(12)6-4-7-10/h8H,2-7H2,1H3. The fourth-order valence-corrected chi connectivity index (χ4v) is 1.22. The first-order valence-corrected chi connectivity index (χ1v) is 5.57. The highest BCUT2D eigenvalue weighted by Gasteiger charge is 2.09. The van der Waals surface area contributed by atoms with E-state index in [1.807, 2.05) is 0 Å². The topological polar surface area (TPSA) is 26.3 Å². The second kappa shape index (κ2) is 8.64. The van der Waals surface area contributed by atoms with E-state index in [1.165, 1.54) is 0 Å². The zero-order valence-electron chi connectivity index (χ0n) is 7.89. The molecule has 0 radical (unpaired) electrons. The van der Waals surface area contributed by atoms with Crippen LogP contribution in [0.1, 0.15) is 39.0 Å². The van der Waals surface area contributed by atoms with E-state index in [2.05, 4.69) is 6.92 Å². The summed E-state index contributed by atoms with van der Waals surface area (Å²) in [5.74, 6) is 0.230. The molecule has 0 bridgehead atoms. The molecule has 0 fully saturated rings. The second-order valence-corrected chi connectivity index (χ2v) is 3.70. The first-order chi connectivity index (χ1) is 6.20. The molecule has 2 nitrogen and oxygen atoms in total. The molecule has 1 atom stereocenters. The Morgan fingerprint density at radius 1 is 1.46 bits per heavy atom. The van der Waals surface area contributed by atoms with Crippen molar-refractivity contribution >= 4 is 29.2 Å². The molecular weight excluding hydrogens is 211 g/mol. The van der Waals surface area contributed by atoms with Gasteiger partial charge in [-0.1, -0.05) is 24.9 Å². The summed E-state index contributed by atoms with van der Waals surface area (Å²) in [6, 6.07) is 0. The smallest absolute Gasteiger partial charge is 0.307 e. The molecule has 0 aromatic rings. The van der Waals surface area contributed by atoms with E-state index in [4.69, 9.17) is 27.9 Å². The van der Waals surface area contributed by atoms with E-state index in [0.29, 0.717) is 18.7 Å². The van der Waals surface area contributed by atoms with E-state index in [1.54, 1.807) is 0 Å². The Hall–Kier alpha value is 0.0500. The van der Waals surface area contributed by atoms with Gasteiger partial charge in [-0.2, -0.15) is 0 Å². The fourth-order valence-electron chi connectivity index (χ4n) is 0.836. The van der Waals surface area contributed by atoms with Gasteiger partial charge >= 0.3 is 5.97 Å². The maximum atomic E-state index is 11.0. The number of carbonyl (C=O) groups excluding carboxylic acids is 1. The molecule has 0 rings (SSSR count). The number of hydrogen-bond donors (Lipinski definition) is 0. The Labute approximate surface area is 89.5 Å². The molecule has 78 valence electrons. The zero-order chi connectivity index (χ0) is 10.1. The van der Waals surface area contributed by atoms with Gasteiger partial charge in [-0.3, -0.25) is 4.79 Å². The van der Waals surface area contributed by atoms with E-state index >= 15 is 0 Å². The molecule has 13 heavy (non-hydrogen) atoms. The molecule has 0 N–H and O–H groups in total. The van der Waals surface area contributed by atoms with Crippen molar-refractivity contribution in [3.05, 3.63) is 0 Å². The van der Waals surface area contributed by atoms with Crippen LogP contribution >= 0.6 is 23.2 Å². The van der Waals surface area contributed by atoms with Crippen LogP contribution in [0.4, 0.5) is 0 Å². The Kier molecular flexibility index (Phi) is 8.67. The molecule has 0 saturated heterocycles. The maximum Gasteiger partial charge on any atom is 0.307 e. The molecule has 0 spiro atoms. The summed E-state index contributed by atoms with van der Waals surface area (Å²) in [5.41, 5.74) is -0.470. The van der Waals surface area contributed by atoms with Gasteiger partial charge in [0.15, 0.2) is 5.56 Å². The molecular formula is C9H16Cl2O2. The minimum absolute atomic E-state index is 0.253. The van der Waals surface area contributed by atoms with E-state index in [-0.39, 0.29) is 5.97 Å². The Morgan fingerprint density at radius 3 is 2.69 bits per heavy atom. The van der Waals surface area contributed by atoms with Gasteiger partial charge in [0.25, 0.3) is 0 Å². The second-order valence-electron chi connectivity index (χ2n) is 2.83. The number of rotatable bonds is 7. The van der Waals surface area contributed by atoms with Gasteiger partial charge < -0.3 is 4.74 Å². The molecule has 0 aliphatic rings. The highest BCUT2D eigenvalue weighted by molar-refractivity contribution is 6.20. The van der Waals surface area contributed by atoms with Gasteiger partial charge in [-0.25, -0.2) is 0 Å². The molecule has 4 heteroatoms. The highest BCUT2D eigenvalue weighted by Crippen LogP contribution is 2.10. The molecule has 0 amide bonds. The van der Waals surface area contributed by atoms with Crippen LogP contribution in [0.15, 0.2) is 0 Å². The van der Waals surface area contributed by atoms with Crippen molar-refractivity contribution in [1.29, 1.82) is 0 Å². The number of halogens is 2. The minimum atomic E-state index is -0.470. The number of unbranched alkanes of at least 4 members (excludes halogenated alkanes) is 1. The maximum absolute atomic E-state index is 11.0. The molecule has 0 aliphatic heterocycles. The average Bonchev–Trinajstić information content (AvgIpc) is 2.11. The summed E-state index contributed by atoms with van der Waals surface area (Å²) in [4.78, 5) is 11.0. The number of ether oxygens (including phenoxy) is 1. The first kappa shape index (κ1) is 13.1. The lowest BCUT2D eigenvalue weighted by atomic mass is 10.3. The van der Waals surface area contributed by atoms with Crippen molar-refractivity contribution < 1.29 is 9.53 Å². The molecule has 0 aromatic carbocycles. The summed E-state index contributed by atoms with van der Waals surface area (Å²) >= 11 is 11.2. The van der Waals surface area contributed by atoms with Crippen LogP contribution in [0, 0.1) is 0 Å². The van der Waals surface area contributed by atoms with E-state index in [0.717, 1.165) is 19.3 Å². The van der Waals surface area contributed by atoms with Crippen molar-refractivity contribution in [3.63, 3.8) is 0 Å². The summed E-state index contributed by atoms with van der Waals surface area (Å²) in [5, 5.41) is 0. The van der Waals surface area contributed by atoms with Crippen LogP contribution in [0.5, 0.6) is 0 Å². The summed E-state index contributed by atoms with van der Waals surface area (Å²) in [6.07, 6.45) is 3.78. The lowest BCUT2D eigenvalue weighted by Gasteiger charge is -2.09. The summed E-state index contributed by atoms with van der Waals surface area (Å²) in [6.45, 7) is 2.07. The number of hydrogen-bond acceptors (Lipinski definition) is 2. The largest absolute Gasteiger partial charge is 0.446 e. The predicted octanol–water partition coefficient (Wildman–Crippen LogP) is 3.30. The molecule has 0 saturated carbocycles. The van der Waals surface area contributed by atoms with Gasteiger partial charge in [-0.15, -0.1) is 11.6 Å². The van der Waals surface area contributed by atoms with Gasteiger partial charge in [0.2, 0.25) is 0 Å². The van der Waals surface area contributed by atoms with Crippen molar-refractivity contribution in [2.45, 2.75) is 44.6 Å². The van der Waals surface area contributed by atoms with Gasteiger partial charge in [0.05, 0.1) is 0 Å². The first-order valence-electron chi connectivity index (χ1n) is 4.60. The lowest BCUT2D eigenvalue weighted by Crippen LogP contribution is -2.12. The quantitative estimate of drug-likeness (QED) is 0.492.